The van der Waals surface area contributed by atoms with E-state index in [1.807, 2.05) is 61.8 Å². The molecule has 0 radical (unpaired) electrons. The van der Waals surface area contributed by atoms with Gasteiger partial charge in [0.2, 0.25) is 0 Å². The van der Waals surface area contributed by atoms with Crippen molar-refractivity contribution in [2.75, 3.05) is 38.7 Å². The minimum absolute atomic E-state index is 0.0487. The van der Waals surface area contributed by atoms with Gasteiger partial charge in [0, 0.05) is 32.9 Å². The Kier molecular flexibility index (Phi) is 5.03. The Morgan fingerprint density at radius 2 is 2.20 bits per heavy atom. The molecule has 0 bridgehead atoms. The molecule has 7 nitrogen and oxygen atoms in total. The third-order valence-corrected chi connectivity index (χ3v) is 4.40. The van der Waals surface area contributed by atoms with Gasteiger partial charge in [0.1, 0.15) is 11.9 Å². The SMILES string of the molecule is CCn1nc(C(=O)N2CCO[C@H](c3cccc(N(C)C)n3)C2)cc1C. The van der Waals surface area contributed by atoms with Crippen LogP contribution in [0.25, 0.3) is 0 Å². The van der Waals surface area contributed by atoms with Crippen molar-refractivity contribution in [2.45, 2.75) is 26.5 Å². The van der Waals surface area contributed by atoms with E-state index < -0.39 is 0 Å². The highest BCUT2D eigenvalue weighted by molar-refractivity contribution is 5.92. The zero-order chi connectivity index (χ0) is 18.0. The lowest BCUT2D eigenvalue weighted by Crippen LogP contribution is -2.42. The number of hydrogen-bond donors (Lipinski definition) is 0. The number of carbonyl (C=O) groups is 1. The highest BCUT2D eigenvalue weighted by atomic mass is 16.5. The molecule has 1 atom stereocenters. The van der Waals surface area contributed by atoms with Crippen LogP contribution in [0.15, 0.2) is 24.3 Å². The molecule has 25 heavy (non-hydrogen) atoms. The molecule has 0 aliphatic carbocycles. The summed E-state index contributed by atoms with van der Waals surface area (Å²) >= 11 is 0. The van der Waals surface area contributed by atoms with Crippen LogP contribution in [0, 0.1) is 6.92 Å². The first kappa shape index (κ1) is 17.4. The van der Waals surface area contributed by atoms with Crippen molar-refractivity contribution in [1.29, 1.82) is 0 Å². The number of hydrogen-bond acceptors (Lipinski definition) is 5. The molecular weight excluding hydrogens is 318 g/mol. The number of anilines is 1. The summed E-state index contributed by atoms with van der Waals surface area (Å²) in [6.07, 6.45) is -0.216. The molecule has 0 aromatic carbocycles. The average molecular weight is 343 g/mol. The Bertz CT molecular complexity index is 756. The predicted molar refractivity (Wildman–Crippen MR) is 95.8 cm³/mol. The molecule has 134 valence electrons. The molecule has 1 saturated heterocycles. The quantitative estimate of drug-likeness (QED) is 0.848. The van der Waals surface area contributed by atoms with E-state index >= 15 is 0 Å². The first-order valence-corrected chi connectivity index (χ1v) is 8.59. The van der Waals surface area contributed by atoms with Gasteiger partial charge in [0.25, 0.3) is 5.91 Å². The first-order valence-electron chi connectivity index (χ1n) is 8.59. The van der Waals surface area contributed by atoms with Gasteiger partial charge in [-0.1, -0.05) is 6.07 Å². The van der Waals surface area contributed by atoms with Gasteiger partial charge >= 0.3 is 0 Å². The van der Waals surface area contributed by atoms with Crippen molar-refractivity contribution in [2.24, 2.45) is 0 Å². The number of rotatable bonds is 4. The molecule has 7 heteroatoms. The van der Waals surface area contributed by atoms with E-state index in [0.717, 1.165) is 23.8 Å². The van der Waals surface area contributed by atoms with Crippen LogP contribution in [0.3, 0.4) is 0 Å². The fourth-order valence-electron chi connectivity index (χ4n) is 2.98. The molecule has 0 saturated carbocycles. The lowest BCUT2D eigenvalue weighted by Gasteiger charge is -2.32. The fourth-order valence-corrected chi connectivity index (χ4v) is 2.98. The molecule has 2 aromatic rings. The molecule has 1 fully saturated rings. The highest BCUT2D eigenvalue weighted by Crippen LogP contribution is 2.23. The van der Waals surface area contributed by atoms with E-state index in [1.54, 1.807) is 4.90 Å². The number of ether oxygens (including phenoxy) is 1. The van der Waals surface area contributed by atoms with E-state index in [-0.39, 0.29) is 12.0 Å². The van der Waals surface area contributed by atoms with Crippen LogP contribution in [0.5, 0.6) is 0 Å². The van der Waals surface area contributed by atoms with Crippen molar-refractivity contribution < 1.29 is 9.53 Å². The van der Waals surface area contributed by atoms with Gasteiger partial charge in [-0.05, 0) is 32.0 Å². The van der Waals surface area contributed by atoms with Gasteiger partial charge in [-0.15, -0.1) is 0 Å². The Morgan fingerprint density at radius 1 is 1.40 bits per heavy atom. The van der Waals surface area contributed by atoms with Crippen molar-refractivity contribution in [3.63, 3.8) is 0 Å². The van der Waals surface area contributed by atoms with Crippen LogP contribution < -0.4 is 4.90 Å². The monoisotopic (exact) mass is 343 g/mol. The average Bonchev–Trinajstić information content (AvgIpc) is 3.02. The van der Waals surface area contributed by atoms with Gasteiger partial charge in [-0.3, -0.25) is 9.48 Å². The van der Waals surface area contributed by atoms with E-state index in [4.69, 9.17) is 4.74 Å². The van der Waals surface area contributed by atoms with E-state index in [0.29, 0.717) is 25.4 Å². The van der Waals surface area contributed by atoms with Gasteiger partial charge in [0.15, 0.2) is 5.69 Å². The molecule has 3 heterocycles. The maximum atomic E-state index is 12.8. The molecule has 2 aromatic heterocycles. The summed E-state index contributed by atoms with van der Waals surface area (Å²) in [5.41, 5.74) is 2.34. The normalized spacial score (nSPS) is 17.6. The van der Waals surface area contributed by atoms with Crippen LogP contribution in [-0.4, -0.2) is 59.4 Å². The molecule has 1 aliphatic rings. The zero-order valence-electron chi connectivity index (χ0n) is 15.3. The molecule has 0 spiro atoms. The van der Waals surface area contributed by atoms with Crippen LogP contribution in [-0.2, 0) is 11.3 Å². The number of carbonyl (C=O) groups excluding carboxylic acids is 1. The van der Waals surface area contributed by atoms with E-state index in [9.17, 15) is 4.79 Å². The molecule has 1 amide bonds. The summed E-state index contributed by atoms with van der Waals surface area (Å²) in [4.78, 5) is 21.2. The number of amides is 1. The zero-order valence-corrected chi connectivity index (χ0v) is 15.3. The molecule has 1 aliphatic heterocycles. The lowest BCUT2D eigenvalue weighted by molar-refractivity contribution is -0.0249. The van der Waals surface area contributed by atoms with Crippen molar-refractivity contribution in [3.05, 3.63) is 41.3 Å². The number of morpholine rings is 1. The third-order valence-electron chi connectivity index (χ3n) is 4.40. The van der Waals surface area contributed by atoms with E-state index in [1.165, 1.54) is 0 Å². The summed E-state index contributed by atoms with van der Waals surface area (Å²) in [5.74, 6) is 0.828. The third kappa shape index (κ3) is 3.66. The number of nitrogens with zero attached hydrogens (tertiary/aromatic N) is 5. The standard InChI is InChI=1S/C18H25N5O2/c1-5-23-13(2)11-15(20-23)18(24)22-9-10-25-16(12-22)14-7-6-8-17(19-14)21(3)4/h6-8,11,16H,5,9-10,12H2,1-4H3/t16-/m0/s1. The second kappa shape index (κ2) is 7.23. The second-order valence-corrected chi connectivity index (χ2v) is 6.41. The molecule has 3 rings (SSSR count). The minimum atomic E-state index is -0.216. The number of pyridine rings is 1. The van der Waals surface area contributed by atoms with Gasteiger partial charge < -0.3 is 14.5 Å². The van der Waals surface area contributed by atoms with E-state index in [2.05, 4.69) is 10.1 Å². The van der Waals surface area contributed by atoms with Gasteiger partial charge in [0.05, 0.1) is 18.8 Å². The number of aromatic nitrogens is 3. The van der Waals surface area contributed by atoms with Crippen molar-refractivity contribution in [3.8, 4) is 0 Å². The lowest BCUT2D eigenvalue weighted by atomic mass is 10.1. The topological polar surface area (TPSA) is 63.5 Å². The Morgan fingerprint density at radius 3 is 2.88 bits per heavy atom. The molecular formula is C18H25N5O2. The van der Waals surface area contributed by atoms with Crippen LogP contribution in [0.2, 0.25) is 0 Å². The predicted octanol–water partition coefficient (Wildman–Crippen LogP) is 1.89. The molecule has 0 N–H and O–H groups in total. The van der Waals surface area contributed by atoms with Crippen molar-refractivity contribution >= 4 is 11.7 Å². The van der Waals surface area contributed by atoms with Crippen LogP contribution >= 0.6 is 0 Å². The molecule has 0 unspecified atom stereocenters. The maximum Gasteiger partial charge on any atom is 0.274 e. The van der Waals surface area contributed by atoms with Crippen LogP contribution in [0.4, 0.5) is 5.82 Å². The number of aryl methyl sites for hydroxylation is 2. The van der Waals surface area contributed by atoms with Gasteiger partial charge in [-0.2, -0.15) is 5.10 Å². The summed E-state index contributed by atoms with van der Waals surface area (Å²) in [7, 11) is 3.91. The summed E-state index contributed by atoms with van der Waals surface area (Å²) < 4.78 is 7.71. The van der Waals surface area contributed by atoms with Crippen molar-refractivity contribution in [1.82, 2.24) is 19.7 Å². The first-order chi connectivity index (χ1) is 12.0. The summed E-state index contributed by atoms with van der Waals surface area (Å²) in [5, 5.41) is 4.40. The fraction of sp³-hybridized carbons (Fsp3) is 0.500. The van der Waals surface area contributed by atoms with Gasteiger partial charge in [-0.25, -0.2) is 4.98 Å². The Balaban J connectivity index is 1.76. The Hall–Kier alpha value is -2.41. The van der Waals surface area contributed by atoms with Crippen LogP contribution in [0.1, 0.15) is 34.9 Å². The summed E-state index contributed by atoms with van der Waals surface area (Å²) in [6, 6.07) is 7.71. The minimum Gasteiger partial charge on any atom is -0.368 e. The second-order valence-electron chi connectivity index (χ2n) is 6.41. The summed E-state index contributed by atoms with van der Waals surface area (Å²) in [6.45, 7) is 6.29. The smallest absolute Gasteiger partial charge is 0.274 e. The highest BCUT2D eigenvalue weighted by Gasteiger charge is 2.28. The largest absolute Gasteiger partial charge is 0.368 e. The Labute approximate surface area is 148 Å². The maximum absolute atomic E-state index is 12.8.